The Hall–Kier alpha value is -1.09. The Bertz CT molecular complexity index is 548. The molecular formula is C16H24ClN3. The molecule has 20 heavy (non-hydrogen) atoms. The zero-order chi connectivity index (χ0) is 14.5. The smallest absolute Gasteiger partial charge is 0.160 e. The van der Waals surface area contributed by atoms with E-state index in [9.17, 15) is 0 Å². The van der Waals surface area contributed by atoms with E-state index in [4.69, 9.17) is 16.6 Å². The van der Waals surface area contributed by atoms with Crippen molar-refractivity contribution < 1.29 is 0 Å². The first kappa shape index (κ1) is 15.3. The van der Waals surface area contributed by atoms with Crippen LogP contribution < -0.4 is 0 Å². The molecule has 0 aliphatic rings. The molecule has 0 bridgehead atoms. The molecule has 0 N–H and O–H groups in total. The van der Waals surface area contributed by atoms with Gasteiger partial charge in [-0.3, -0.25) is 0 Å². The summed E-state index contributed by atoms with van der Waals surface area (Å²) in [4.78, 5) is 9.23. The SMILES string of the molecule is CCCCC(CCC)n1c(C(C)Cl)nc2cccnc21. The largest absolute Gasteiger partial charge is 0.308 e. The van der Waals surface area contributed by atoms with Crippen LogP contribution >= 0.6 is 11.6 Å². The molecule has 0 saturated carbocycles. The van der Waals surface area contributed by atoms with E-state index in [1.807, 2.05) is 25.3 Å². The second-order valence-corrected chi connectivity index (χ2v) is 6.04. The molecule has 2 rings (SSSR count). The Morgan fingerprint density at radius 1 is 1.25 bits per heavy atom. The van der Waals surface area contributed by atoms with Crippen LogP contribution in [0.25, 0.3) is 11.2 Å². The van der Waals surface area contributed by atoms with Crippen LogP contribution in [0.5, 0.6) is 0 Å². The molecule has 2 aromatic heterocycles. The Morgan fingerprint density at radius 2 is 2.05 bits per heavy atom. The minimum atomic E-state index is -0.0924. The summed E-state index contributed by atoms with van der Waals surface area (Å²) >= 11 is 6.35. The van der Waals surface area contributed by atoms with Gasteiger partial charge in [0.05, 0.1) is 5.38 Å². The second kappa shape index (κ2) is 7.07. The van der Waals surface area contributed by atoms with Gasteiger partial charge in [0.2, 0.25) is 0 Å². The van der Waals surface area contributed by atoms with Crippen LogP contribution in [0.15, 0.2) is 18.3 Å². The van der Waals surface area contributed by atoms with Gasteiger partial charge in [-0.1, -0.05) is 33.1 Å². The van der Waals surface area contributed by atoms with Gasteiger partial charge in [-0.25, -0.2) is 9.97 Å². The van der Waals surface area contributed by atoms with Gasteiger partial charge in [-0.15, -0.1) is 11.6 Å². The lowest BCUT2D eigenvalue weighted by atomic mass is 10.0. The van der Waals surface area contributed by atoms with Gasteiger partial charge in [-0.2, -0.15) is 0 Å². The molecule has 0 aliphatic heterocycles. The zero-order valence-corrected chi connectivity index (χ0v) is 13.4. The lowest BCUT2D eigenvalue weighted by Crippen LogP contribution is -2.13. The van der Waals surface area contributed by atoms with Crippen LogP contribution in [-0.2, 0) is 0 Å². The fourth-order valence-corrected chi connectivity index (χ4v) is 2.92. The number of rotatable bonds is 7. The third-order valence-corrected chi connectivity index (χ3v) is 3.91. The van der Waals surface area contributed by atoms with Crippen molar-refractivity contribution in [1.82, 2.24) is 14.5 Å². The second-order valence-electron chi connectivity index (χ2n) is 5.39. The number of nitrogens with zero attached hydrogens (tertiary/aromatic N) is 3. The van der Waals surface area contributed by atoms with Crippen LogP contribution in [0.2, 0.25) is 0 Å². The first-order chi connectivity index (χ1) is 9.69. The van der Waals surface area contributed by atoms with Gasteiger partial charge in [0, 0.05) is 12.2 Å². The third kappa shape index (κ3) is 3.14. The molecule has 0 spiro atoms. The number of unbranched alkanes of at least 4 members (excludes halogenated alkanes) is 1. The maximum atomic E-state index is 6.35. The Labute approximate surface area is 126 Å². The number of imidazole rings is 1. The minimum Gasteiger partial charge on any atom is -0.308 e. The first-order valence-corrected chi connectivity index (χ1v) is 8.09. The fraction of sp³-hybridized carbons (Fsp3) is 0.625. The molecule has 0 fully saturated rings. The molecule has 0 amide bonds. The topological polar surface area (TPSA) is 30.7 Å². The summed E-state index contributed by atoms with van der Waals surface area (Å²) in [6, 6.07) is 4.41. The maximum absolute atomic E-state index is 6.35. The molecule has 0 saturated heterocycles. The molecule has 110 valence electrons. The van der Waals surface area contributed by atoms with Crippen LogP contribution in [-0.4, -0.2) is 14.5 Å². The number of hydrogen-bond donors (Lipinski definition) is 0. The van der Waals surface area contributed by atoms with Crippen LogP contribution in [0.4, 0.5) is 0 Å². The lowest BCUT2D eigenvalue weighted by Gasteiger charge is -2.21. The minimum absolute atomic E-state index is 0.0924. The van der Waals surface area contributed by atoms with Gasteiger partial charge in [0.15, 0.2) is 5.65 Å². The number of halogens is 1. The van der Waals surface area contributed by atoms with Crippen molar-refractivity contribution in [2.24, 2.45) is 0 Å². The molecule has 2 atom stereocenters. The van der Waals surface area contributed by atoms with Gasteiger partial charge in [-0.05, 0) is 31.9 Å². The van der Waals surface area contributed by atoms with Crippen molar-refractivity contribution in [1.29, 1.82) is 0 Å². The molecule has 3 nitrogen and oxygen atoms in total. The van der Waals surface area contributed by atoms with Crippen molar-refractivity contribution >= 4 is 22.8 Å². The highest BCUT2D eigenvalue weighted by Crippen LogP contribution is 2.31. The summed E-state index contributed by atoms with van der Waals surface area (Å²) < 4.78 is 2.28. The molecule has 4 heteroatoms. The van der Waals surface area contributed by atoms with E-state index in [1.54, 1.807) is 0 Å². The average Bonchev–Trinajstić information content (AvgIpc) is 2.83. The Morgan fingerprint density at radius 3 is 2.70 bits per heavy atom. The molecule has 2 heterocycles. The maximum Gasteiger partial charge on any atom is 0.160 e. The lowest BCUT2D eigenvalue weighted by molar-refractivity contribution is 0.412. The number of alkyl halides is 1. The molecule has 2 unspecified atom stereocenters. The van der Waals surface area contributed by atoms with E-state index < -0.39 is 0 Å². The summed E-state index contributed by atoms with van der Waals surface area (Å²) in [5, 5.41) is -0.0924. The van der Waals surface area contributed by atoms with Gasteiger partial charge >= 0.3 is 0 Å². The van der Waals surface area contributed by atoms with Crippen molar-refractivity contribution in [2.45, 2.75) is 64.3 Å². The van der Waals surface area contributed by atoms with E-state index in [1.165, 1.54) is 19.3 Å². The highest BCUT2D eigenvalue weighted by atomic mass is 35.5. The number of hydrogen-bond acceptors (Lipinski definition) is 2. The number of pyridine rings is 1. The normalized spacial score (nSPS) is 14.6. The van der Waals surface area contributed by atoms with E-state index in [0.717, 1.165) is 29.8 Å². The predicted molar refractivity (Wildman–Crippen MR) is 85.3 cm³/mol. The van der Waals surface area contributed by atoms with Crippen molar-refractivity contribution in [3.63, 3.8) is 0 Å². The van der Waals surface area contributed by atoms with Crippen molar-refractivity contribution in [3.05, 3.63) is 24.2 Å². The van der Waals surface area contributed by atoms with E-state index >= 15 is 0 Å². The van der Waals surface area contributed by atoms with Crippen molar-refractivity contribution in [3.8, 4) is 0 Å². The molecule has 0 aliphatic carbocycles. The highest BCUT2D eigenvalue weighted by molar-refractivity contribution is 6.20. The summed E-state index contributed by atoms with van der Waals surface area (Å²) in [6.45, 7) is 6.45. The van der Waals surface area contributed by atoms with E-state index in [2.05, 4.69) is 23.4 Å². The standard InChI is InChI=1S/C16H24ClN3/c1-4-6-9-13(8-5-2)20-15(12(3)17)19-14-10-7-11-18-16(14)20/h7,10-13H,4-6,8-9H2,1-3H3. The Balaban J connectivity index is 2.49. The zero-order valence-electron chi connectivity index (χ0n) is 12.6. The number of aromatic nitrogens is 3. The van der Waals surface area contributed by atoms with Crippen LogP contribution in [0.1, 0.15) is 70.1 Å². The average molecular weight is 294 g/mol. The highest BCUT2D eigenvalue weighted by Gasteiger charge is 2.21. The molecule has 0 aromatic carbocycles. The number of fused-ring (bicyclic) bond motifs is 1. The summed E-state index contributed by atoms with van der Waals surface area (Å²) in [6.07, 6.45) is 7.77. The van der Waals surface area contributed by atoms with Gasteiger partial charge < -0.3 is 4.57 Å². The Kier molecular flexibility index (Phi) is 5.41. The fourth-order valence-electron chi connectivity index (χ4n) is 2.76. The summed E-state index contributed by atoms with van der Waals surface area (Å²) in [7, 11) is 0. The molecule has 0 radical (unpaired) electrons. The van der Waals surface area contributed by atoms with Crippen LogP contribution in [0, 0.1) is 0 Å². The van der Waals surface area contributed by atoms with E-state index in [0.29, 0.717) is 6.04 Å². The quantitative estimate of drug-likeness (QED) is 0.652. The van der Waals surface area contributed by atoms with Gasteiger partial charge in [0.1, 0.15) is 11.3 Å². The van der Waals surface area contributed by atoms with E-state index in [-0.39, 0.29) is 5.38 Å². The third-order valence-electron chi connectivity index (χ3n) is 3.71. The molecule has 2 aromatic rings. The van der Waals surface area contributed by atoms with Crippen LogP contribution in [0.3, 0.4) is 0 Å². The first-order valence-electron chi connectivity index (χ1n) is 7.65. The molecular weight excluding hydrogens is 270 g/mol. The predicted octanol–water partition coefficient (Wildman–Crippen LogP) is 5.26. The monoisotopic (exact) mass is 293 g/mol. The summed E-state index contributed by atoms with van der Waals surface area (Å²) in [5.41, 5.74) is 1.93. The van der Waals surface area contributed by atoms with Gasteiger partial charge in [0.25, 0.3) is 0 Å². The van der Waals surface area contributed by atoms with Crippen molar-refractivity contribution in [2.75, 3.05) is 0 Å². The summed E-state index contributed by atoms with van der Waals surface area (Å²) in [5.74, 6) is 0.954.